The first kappa shape index (κ1) is 24.2. The molecule has 4 rings (SSSR count). The number of piperidine rings is 1. The van der Waals surface area contributed by atoms with Crippen molar-refractivity contribution in [1.29, 1.82) is 0 Å². The fraction of sp³-hybridized carbons (Fsp3) is 0.333. The number of ether oxygens (including phenoxy) is 1. The van der Waals surface area contributed by atoms with Crippen LogP contribution in [0.2, 0.25) is 0 Å². The molecule has 0 radical (unpaired) electrons. The molecule has 0 atom stereocenters. The van der Waals surface area contributed by atoms with E-state index in [1.807, 2.05) is 0 Å². The van der Waals surface area contributed by atoms with Crippen LogP contribution in [0.5, 0.6) is 5.75 Å². The van der Waals surface area contributed by atoms with Gasteiger partial charge in [0.2, 0.25) is 5.91 Å². The zero-order valence-corrected chi connectivity index (χ0v) is 18.5. The van der Waals surface area contributed by atoms with Crippen molar-refractivity contribution in [2.24, 2.45) is 5.92 Å². The van der Waals surface area contributed by atoms with Crippen molar-refractivity contribution < 1.29 is 32.0 Å². The number of aromatic nitrogens is 2. The Morgan fingerprint density at radius 3 is 2.43 bits per heavy atom. The number of Topliss-reactive ketones (excluding diaryl/α,β-unsaturated/α-hetero) is 1. The average Bonchev–Trinajstić information content (AvgIpc) is 3.20. The average molecular weight is 489 g/mol. The van der Waals surface area contributed by atoms with Crippen LogP contribution in [0.25, 0.3) is 11.4 Å². The minimum Gasteiger partial charge on any atom is -0.435 e. The van der Waals surface area contributed by atoms with Crippen LogP contribution in [-0.4, -0.2) is 46.0 Å². The summed E-state index contributed by atoms with van der Waals surface area (Å²) in [5.41, 5.74) is 0.729. The Balaban J connectivity index is 1.33. The number of hydrogen-bond acceptors (Lipinski definition) is 6. The maximum Gasteiger partial charge on any atom is 0.442 e. The number of ketones is 1. The van der Waals surface area contributed by atoms with Crippen molar-refractivity contribution in [2.75, 3.05) is 13.1 Å². The molecule has 2 aromatic carbocycles. The molecule has 0 bridgehead atoms. The van der Waals surface area contributed by atoms with Crippen LogP contribution < -0.4 is 10.5 Å². The number of alkyl halides is 2. The maximum atomic E-state index is 14.1. The lowest BCUT2D eigenvalue weighted by Gasteiger charge is -2.31. The zero-order chi connectivity index (χ0) is 24.9. The molecule has 35 heavy (non-hydrogen) atoms. The summed E-state index contributed by atoms with van der Waals surface area (Å²) < 4.78 is 48.6. The van der Waals surface area contributed by atoms with Gasteiger partial charge < -0.3 is 9.64 Å². The molecular formula is C24H22F3N3O5. The van der Waals surface area contributed by atoms with Crippen molar-refractivity contribution >= 4 is 11.7 Å². The Bertz CT molecular complexity index is 1250. The highest BCUT2D eigenvalue weighted by Crippen LogP contribution is 2.23. The van der Waals surface area contributed by atoms with Gasteiger partial charge in [-0.15, -0.1) is 0 Å². The molecule has 1 fully saturated rings. The third kappa shape index (κ3) is 5.79. The predicted molar refractivity (Wildman–Crippen MR) is 117 cm³/mol. The van der Waals surface area contributed by atoms with Gasteiger partial charge in [-0.25, -0.2) is 13.8 Å². The SMILES string of the molecule is O=C(Cc1ccc(OC(F)F)cc1)C1CCN(C(=O)Cn2c(-c3ccccc3F)noc2=O)CC1. The van der Waals surface area contributed by atoms with Gasteiger partial charge in [0, 0.05) is 25.4 Å². The Hall–Kier alpha value is -3.89. The molecule has 0 unspecified atom stereocenters. The summed E-state index contributed by atoms with van der Waals surface area (Å²) in [7, 11) is 0. The summed E-state index contributed by atoms with van der Waals surface area (Å²) >= 11 is 0. The molecule has 8 nitrogen and oxygen atoms in total. The molecule has 1 aliphatic heterocycles. The number of benzene rings is 2. The third-order valence-electron chi connectivity index (χ3n) is 5.92. The van der Waals surface area contributed by atoms with E-state index in [4.69, 9.17) is 0 Å². The van der Waals surface area contributed by atoms with Gasteiger partial charge in [0.05, 0.1) is 5.56 Å². The van der Waals surface area contributed by atoms with E-state index in [1.54, 1.807) is 23.1 Å². The highest BCUT2D eigenvalue weighted by molar-refractivity contribution is 5.84. The molecule has 0 aliphatic carbocycles. The van der Waals surface area contributed by atoms with Gasteiger partial charge in [-0.2, -0.15) is 8.78 Å². The lowest BCUT2D eigenvalue weighted by atomic mass is 9.89. The second-order valence-electron chi connectivity index (χ2n) is 8.16. The van der Waals surface area contributed by atoms with Crippen LogP contribution in [0.3, 0.4) is 0 Å². The fourth-order valence-corrected chi connectivity index (χ4v) is 4.06. The van der Waals surface area contributed by atoms with Gasteiger partial charge in [-0.1, -0.05) is 29.4 Å². The molecule has 3 aromatic rings. The van der Waals surface area contributed by atoms with Crippen LogP contribution in [0.15, 0.2) is 57.8 Å². The normalized spacial score (nSPS) is 14.3. The molecular weight excluding hydrogens is 467 g/mol. The Kier molecular flexibility index (Phi) is 7.33. The number of carbonyl (C=O) groups is 2. The minimum atomic E-state index is -2.91. The first-order valence-corrected chi connectivity index (χ1v) is 11.0. The van der Waals surface area contributed by atoms with E-state index in [-0.39, 0.29) is 47.7 Å². The first-order chi connectivity index (χ1) is 16.8. The van der Waals surface area contributed by atoms with E-state index in [0.717, 1.165) is 4.57 Å². The fourth-order valence-electron chi connectivity index (χ4n) is 4.06. The molecule has 1 amide bonds. The second kappa shape index (κ2) is 10.6. The van der Waals surface area contributed by atoms with Gasteiger partial charge in [-0.3, -0.25) is 14.1 Å². The second-order valence-corrected chi connectivity index (χ2v) is 8.16. The van der Waals surface area contributed by atoms with E-state index >= 15 is 0 Å². The number of rotatable bonds is 8. The highest BCUT2D eigenvalue weighted by Gasteiger charge is 2.28. The Labute approximate surface area is 197 Å². The first-order valence-electron chi connectivity index (χ1n) is 11.0. The summed E-state index contributed by atoms with van der Waals surface area (Å²) in [6.07, 6.45) is 1.06. The third-order valence-corrected chi connectivity index (χ3v) is 5.92. The lowest BCUT2D eigenvalue weighted by molar-refractivity contribution is -0.135. The summed E-state index contributed by atoms with van der Waals surface area (Å²) in [6.45, 7) is -2.63. The van der Waals surface area contributed by atoms with Crippen molar-refractivity contribution in [2.45, 2.75) is 32.4 Å². The van der Waals surface area contributed by atoms with Crippen molar-refractivity contribution in [3.63, 3.8) is 0 Å². The number of amides is 1. The quantitative estimate of drug-likeness (QED) is 0.482. The molecule has 1 aromatic heterocycles. The number of carbonyl (C=O) groups excluding carboxylic acids is 2. The van der Waals surface area contributed by atoms with E-state index in [1.165, 1.54) is 30.3 Å². The highest BCUT2D eigenvalue weighted by atomic mass is 19.3. The molecule has 184 valence electrons. The summed E-state index contributed by atoms with van der Waals surface area (Å²) in [4.78, 5) is 39.1. The lowest BCUT2D eigenvalue weighted by Crippen LogP contribution is -2.42. The predicted octanol–water partition coefficient (Wildman–Crippen LogP) is 3.29. The maximum absolute atomic E-state index is 14.1. The van der Waals surface area contributed by atoms with E-state index in [9.17, 15) is 27.6 Å². The smallest absolute Gasteiger partial charge is 0.435 e. The molecule has 0 saturated carbocycles. The zero-order valence-electron chi connectivity index (χ0n) is 18.5. The van der Waals surface area contributed by atoms with Gasteiger partial charge in [0.15, 0.2) is 5.82 Å². The molecule has 0 spiro atoms. The van der Waals surface area contributed by atoms with E-state index in [2.05, 4.69) is 14.4 Å². The van der Waals surface area contributed by atoms with E-state index in [0.29, 0.717) is 31.5 Å². The Morgan fingerprint density at radius 1 is 1.09 bits per heavy atom. The standard InChI is InChI=1S/C24H22F3N3O5/c25-19-4-2-1-3-18(19)22-28-35-24(33)30(22)14-21(32)29-11-9-16(10-12-29)20(31)13-15-5-7-17(8-6-15)34-23(26)27/h1-8,16,23H,9-14H2. The minimum absolute atomic E-state index is 0.00304. The van der Waals surface area contributed by atoms with Crippen LogP contribution in [0.1, 0.15) is 18.4 Å². The summed E-state index contributed by atoms with van der Waals surface area (Å²) in [5.74, 6) is -2.14. The van der Waals surface area contributed by atoms with Gasteiger partial charge in [-0.05, 0) is 42.7 Å². The van der Waals surface area contributed by atoms with Crippen LogP contribution in [0.4, 0.5) is 13.2 Å². The molecule has 11 heteroatoms. The molecule has 2 heterocycles. The number of nitrogens with zero attached hydrogens (tertiary/aromatic N) is 3. The van der Waals surface area contributed by atoms with Crippen LogP contribution >= 0.6 is 0 Å². The van der Waals surface area contributed by atoms with Crippen molar-refractivity contribution in [1.82, 2.24) is 14.6 Å². The molecule has 1 saturated heterocycles. The van der Waals surface area contributed by atoms with Crippen LogP contribution in [0, 0.1) is 11.7 Å². The van der Waals surface area contributed by atoms with Gasteiger partial charge in [0.1, 0.15) is 23.9 Å². The Morgan fingerprint density at radius 2 is 1.77 bits per heavy atom. The topological polar surface area (TPSA) is 94.6 Å². The molecule has 0 N–H and O–H groups in total. The van der Waals surface area contributed by atoms with Crippen LogP contribution in [-0.2, 0) is 22.6 Å². The number of likely N-dealkylation sites (tertiary alicyclic amines) is 1. The molecule has 1 aliphatic rings. The largest absolute Gasteiger partial charge is 0.442 e. The number of halogens is 3. The van der Waals surface area contributed by atoms with Crippen molar-refractivity contribution in [3.05, 3.63) is 70.5 Å². The summed E-state index contributed by atoms with van der Waals surface area (Å²) in [5, 5.41) is 3.61. The number of hydrogen-bond donors (Lipinski definition) is 0. The summed E-state index contributed by atoms with van der Waals surface area (Å²) in [6, 6.07) is 11.6. The van der Waals surface area contributed by atoms with E-state index < -0.39 is 18.2 Å². The van der Waals surface area contributed by atoms with Gasteiger partial charge in [0.25, 0.3) is 0 Å². The van der Waals surface area contributed by atoms with Crippen molar-refractivity contribution in [3.8, 4) is 17.1 Å². The van der Waals surface area contributed by atoms with Gasteiger partial charge >= 0.3 is 12.4 Å². The monoisotopic (exact) mass is 489 g/mol.